The number of nitro groups is 1. The minimum Gasteiger partial charge on any atom is -0.453 e. The lowest BCUT2D eigenvalue weighted by molar-refractivity contribution is -0.389. The number of carbonyl (C=O) groups excluding carboxylic acids is 1. The fourth-order valence-electron chi connectivity index (χ4n) is 1.69. The molecular formula is C15H16N4O4. The van der Waals surface area contributed by atoms with Crippen LogP contribution in [0.25, 0.3) is 0 Å². The summed E-state index contributed by atoms with van der Waals surface area (Å²) in [6.45, 7) is 5.17. The van der Waals surface area contributed by atoms with Gasteiger partial charge in [-0.3, -0.25) is 4.79 Å². The molecule has 0 atom stereocenters. The van der Waals surface area contributed by atoms with Crippen molar-refractivity contribution in [2.24, 2.45) is 5.92 Å². The van der Waals surface area contributed by atoms with Gasteiger partial charge in [-0.15, -0.1) is 0 Å². The highest BCUT2D eigenvalue weighted by Crippen LogP contribution is 2.26. The van der Waals surface area contributed by atoms with Crippen LogP contribution < -0.4 is 10.1 Å². The molecule has 1 N–H and O–H groups in total. The molecule has 2 heterocycles. The zero-order chi connectivity index (χ0) is 17.0. The van der Waals surface area contributed by atoms with Crippen LogP contribution in [0.2, 0.25) is 0 Å². The fraction of sp³-hybridized carbons (Fsp3) is 0.267. The van der Waals surface area contributed by atoms with Gasteiger partial charge in [-0.05, 0) is 22.0 Å². The van der Waals surface area contributed by atoms with Crippen LogP contribution in [0.4, 0.5) is 11.6 Å². The number of amides is 1. The average Bonchev–Trinajstić information content (AvgIpc) is 2.49. The van der Waals surface area contributed by atoms with Crippen LogP contribution in [0.5, 0.6) is 11.5 Å². The smallest absolute Gasteiger partial charge is 0.363 e. The topological polar surface area (TPSA) is 107 Å². The maximum Gasteiger partial charge on any atom is 0.363 e. The van der Waals surface area contributed by atoms with Gasteiger partial charge >= 0.3 is 5.82 Å². The number of nitrogens with one attached hydrogen (secondary N) is 1. The van der Waals surface area contributed by atoms with Crippen LogP contribution in [0, 0.1) is 23.0 Å². The van der Waals surface area contributed by atoms with Gasteiger partial charge in [-0.1, -0.05) is 13.8 Å². The lowest BCUT2D eigenvalue weighted by Gasteiger charge is -2.09. The van der Waals surface area contributed by atoms with Crippen molar-refractivity contribution in [1.29, 1.82) is 0 Å². The molecule has 0 aromatic carbocycles. The molecule has 0 saturated heterocycles. The van der Waals surface area contributed by atoms with Crippen molar-refractivity contribution < 1.29 is 14.5 Å². The van der Waals surface area contributed by atoms with Gasteiger partial charge in [0.2, 0.25) is 5.91 Å². The van der Waals surface area contributed by atoms with E-state index in [1.54, 1.807) is 32.9 Å². The van der Waals surface area contributed by atoms with E-state index < -0.39 is 4.92 Å². The zero-order valence-electron chi connectivity index (χ0n) is 12.9. The van der Waals surface area contributed by atoms with Crippen molar-refractivity contribution in [2.75, 3.05) is 5.32 Å². The number of pyridine rings is 2. The highest BCUT2D eigenvalue weighted by Gasteiger charge is 2.14. The molecule has 0 unspecified atom stereocenters. The molecule has 23 heavy (non-hydrogen) atoms. The maximum absolute atomic E-state index is 11.7. The summed E-state index contributed by atoms with van der Waals surface area (Å²) in [7, 11) is 0. The van der Waals surface area contributed by atoms with Crippen LogP contribution in [0.3, 0.4) is 0 Å². The Hall–Kier alpha value is -3.03. The first-order valence-electron chi connectivity index (χ1n) is 6.93. The molecule has 120 valence electrons. The fourth-order valence-corrected chi connectivity index (χ4v) is 1.69. The summed E-state index contributed by atoms with van der Waals surface area (Å²) in [6, 6.07) is 5.94. The predicted octanol–water partition coefficient (Wildman–Crippen LogP) is 3.08. The Kier molecular flexibility index (Phi) is 4.85. The molecule has 0 aliphatic heterocycles. The van der Waals surface area contributed by atoms with E-state index in [1.807, 2.05) is 0 Å². The van der Waals surface area contributed by atoms with Gasteiger partial charge in [0.05, 0.1) is 0 Å². The molecule has 0 aliphatic carbocycles. The number of hydrogen-bond acceptors (Lipinski definition) is 6. The summed E-state index contributed by atoms with van der Waals surface area (Å²) < 4.78 is 5.65. The van der Waals surface area contributed by atoms with E-state index in [4.69, 9.17) is 4.74 Å². The van der Waals surface area contributed by atoms with E-state index in [-0.39, 0.29) is 17.6 Å². The number of carbonyl (C=O) groups is 1. The second-order valence-corrected chi connectivity index (χ2v) is 5.13. The first kappa shape index (κ1) is 16.3. The van der Waals surface area contributed by atoms with Crippen LogP contribution in [-0.2, 0) is 4.79 Å². The highest BCUT2D eigenvalue weighted by atomic mass is 16.6. The van der Waals surface area contributed by atoms with Gasteiger partial charge < -0.3 is 20.2 Å². The molecule has 2 aromatic heterocycles. The number of rotatable bonds is 5. The summed E-state index contributed by atoms with van der Waals surface area (Å²) in [4.78, 5) is 29.7. The van der Waals surface area contributed by atoms with Gasteiger partial charge in [0.15, 0.2) is 11.4 Å². The zero-order valence-corrected chi connectivity index (χ0v) is 12.9. The van der Waals surface area contributed by atoms with Crippen molar-refractivity contribution in [3.8, 4) is 11.5 Å². The first-order chi connectivity index (χ1) is 10.9. The van der Waals surface area contributed by atoms with E-state index in [2.05, 4.69) is 15.3 Å². The highest BCUT2D eigenvalue weighted by molar-refractivity contribution is 5.91. The molecule has 8 heteroatoms. The summed E-state index contributed by atoms with van der Waals surface area (Å²) in [5.74, 6) is 0.647. The van der Waals surface area contributed by atoms with Crippen molar-refractivity contribution in [2.45, 2.75) is 20.8 Å². The SMILES string of the molecule is Cc1nc([N+](=O)[O-])ccc1Oc1ccnc(NC(=O)C(C)C)c1. The molecular weight excluding hydrogens is 300 g/mol. The van der Waals surface area contributed by atoms with Crippen molar-refractivity contribution in [3.63, 3.8) is 0 Å². The molecule has 0 aliphatic rings. The summed E-state index contributed by atoms with van der Waals surface area (Å²) >= 11 is 0. The first-order valence-corrected chi connectivity index (χ1v) is 6.93. The minimum atomic E-state index is -0.567. The molecule has 1 amide bonds. The van der Waals surface area contributed by atoms with Gasteiger partial charge in [-0.25, -0.2) is 4.98 Å². The summed E-state index contributed by atoms with van der Waals surface area (Å²) in [5, 5.41) is 13.4. The molecule has 0 radical (unpaired) electrons. The van der Waals surface area contributed by atoms with E-state index >= 15 is 0 Å². The van der Waals surface area contributed by atoms with Crippen LogP contribution >= 0.6 is 0 Å². The quantitative estimate of drug-likeness (QED) is 0.671. The van der Waals surface area contributed by atoms with Crippen LogP contribution in [0.15, 0.2) is 30.5 Å². The van der Waals surface area contributed by atoms with Gasteiger partial charge in [-0.2, -0.15) is 0 Å². The van der Waals surface area contributed by atoms with E-state index in [1.165, 1.54) is 18.3 Å². The molecule has 0 fully saturated rings. The number of hydrogen-bond donors (Lipinski definition) is 1. The monoisotopic (exact) mass is 316 g/mol. The number of aryl methyl sites for hydroxylation is 1. The molecule has 8 nitrogen and oxygen atoms in total. The predicted molar refractivity (Wildman–Crippen MR) is 83.4 cm³/mol. The summed E-state index contributed by atoms with van der Waals surface area (Å²) in [6.07, 6.45) is 1.50. The average molecular weight is 316 g/mol. The Morgan fingerprint density at radius 1 is 1.35 bits per heavy atom. The molecule has 0 saturated carbocycles. The second-order valence-electron chi connectivity index (χ2n) is 5.13. The minimum absolute atomic E-state index is 0.150. The Morgan fingerprint density at radius 3 is 2.70 bits per heavy atom. The van der Waals surface area contributed by atoms with E-state index in [0.29, 0.717) is 23.0 Å². The Bertz CT molecular complexity index is 746. The van der Waals surface area contributed by atoms with E-state index in [0.717, 1.165) is 0 Å². The van der Waals surface area contributed by atoms with Gasteiger partial charge in [0.1, 0.15) is 11.6 Å². The van der Waals surface area contributed by atoms with Crippen molar-refractivity contribution in [3.05, 3.63) is 46.3 Å². The third-order valence-electron chi connectivity index (χ3n) is 2.94. The van der Waals surface area contributed by atoms with Crippen LogP contribution in [0.1, 0.15) is 19.5 Å². The maximum atomic E-state index is 11.7. The van der Waals surface area contributed by atoms with Gasteiger partial charge in [0.25, 0.3) is 0 Å². The molecule has 2 rings (SSSR count). The molecule has 0 bridgehead atoms. The second kappa shape index (κ2) is 6.82. The number of nitrogens with zero attached hydrogens (tertiary/aromatic N) is 3. The Balaban J connectivity index is 2.17. The van der Waals surface area contributed by atoms with E-state index in [9.17, 15) is 14.9 Å². The lowest BCUT2D eigenvalue weighted by Crippen LogP contribution is -2.18. The third-order valence-corrected chi connectivity index (χ3v) is 2.94. The molecule has 0 spiro atoms. The third kappa shape index (κ3) is 4.22. The summed E-state index contributed by atoms with van der Waals surface area (Å²) in [5.41, 5.74) is 0.392. The van der Waals surface area contributed by atoms with Gasteiger partial charge in [0, 0.05) is 31.2 Å². The Labute approximate surface area is 132 Å². The largest absolute Gasteiger partial charge is 0.453 e. The van der Waals surface area contributed by atoms with Crippen molar-refractivity contribution in [1.82, 2.24) is 9.97 Å². The number of aromatic nitrogens is 2. The van der Waals surface area contributed by atoms with Crippen molar-refractivity contribution >= 4 is 17.5 Å². The number of ether oxygens (including phenoxy) is 1. The van der Waals surface area contributed by atoms with Crippen LogP contribution in [-0.4, -0.2) is 20.8 Å². The Morgan fingerprint density at radius 2 is 2.09 bits per heavy atom. The lowest BCUT2D eigenvalue weighted by atomic mass is 10.2. The standard InChI is InChI=1S/C15H16N4O4/c1-9(2)15(20)18-13-8-11(6-7-16-13)23-12-4-5-14(19(21)22)17-10(12)3/h4-9H,1-3H3,(H,16,18,20). The number of anilines is 1. The normalized spacial score (nSPS) is 10.4. The molecule has 2 aromatic rings.